The number of rotatable bonds is 10. The lowest BCUT2D eigenvalue weighted by Gasteiger charge is -2.27. The molecule has 0 bridgehead atoms. The van der Waals surface area contributed by atoms with Gasteiger partial charge in [0.15, 0.2) is 0 Å². The van der Waals surface area contributed by atoms with Crippen LogP contribution in [0.15, 0.2) is 71.4 Å². The molecule has 0 aliphatic rings. The predicted molar refractivity (Wildman–Crippen MR) is 160 cm³/mol. The average Bonchev–Trinajstić information content (AvgIpc) is 2.89. The molecule has 0 saturated carbocycles. The Bertz CT molecular complexity index is 1440. The van der Waals surface area contributed by atoms with E-state index in [0.717, 1.165) is 22.6 Å². The number of guanidine groups is 1. The van der Waals surface area contributed by atoms with Crippen LogP contribution in [0.3, 0.4) is 0 Å². The summed E-state index contributed by atoms with van der Waals surface area (Å²) in [6, 6.07) is 3.90. The maximum atomic E-state index is 13.8. The van der Waals surface area contributed by atoms with Crippen LogP contribution in [0.4, 0.5) is 39.5 Å². The number of hydrogen-bond acceptors (Lipinski definition) is 3. The van der Waals surface area contributed by atoms with E-state index in [0.29, 0.717) is 17.7 Å². The molecule has 254 valence electrons. The van der Waals surface area contributed by atoms with Crippen LogP contribution in [0.1, 0.15) is 68.0 Å². The lowest BCUT2D eigenvalue weighted by molar-refractivity contribution is -0.143. The van der Waals surface area contributed by atoms with Crippen LogP contribution < -0.4 is 11.2 Å². The predicted octanol–water partition coefficient (Wildman–Crippen LogP) is 8.51. The number of benzene rings is 2. The molecule has 0 fully saturated rings. The summed E-state index contributed by atoms with van der Waals surface area (Å²) in [5.41, 5.74) is 4.21. The molecular formula is C32H37F9N4O. The maximum Gasteiger partial charge on any atom is 0.416 e. The van der Waals surface area contributed by atoms with Crippen LogP contribution in [-0.4, -0.2) is 28.6 Å². The summed E-state index contributed by atoms with van der Waals surface area (Å²) in [7, 11) is 1.33. The zero-order valence-electron chi connectivity index (χ0n) is 26.1. The summed E-state index contributed by atoms with van der Waals surface area (Å²) in [4.78, 5) is 1.06. The van der Waals surface area contributed by atoms with Gasteiger partial charge in [-0.1, -0.05) is 35.9 Å². The number of allylic oxidation sites excluding steroid dienone is 4. The molecule has 0 spiro atoms. The van der Waals surface area contributed by atoms with Crippen molar-refractivity contribution in [2.45, 2.75) is 71.8 Å². The molecule has 2 rings (SSSR count). The summed E-state index contributed by atoms with van der Waals surface area (Å²) in [6.45, 7) is 7.32. The number of nitrogens with two attached hydrogens (primary N) is 1. The first-order valence-electron chi connectivity index (χ1n) is 13.9. The van der Waals surface area contributed by atoms with Crippen molar-refractivity contribution in [1.82, 2.24) is 10.3 Å². The molecule has 1 unspecified atom stereocenters. The normalized spacial score (nSPS) is 14.4. The average molecular weight is 665 g/mol. The molecule has 0 aromatic heterocycles. The molecule has 0 heterocycles. The second-order valence-electron chi connectivity index (χ2n) is 11.5. The van der Waals surface area contributed by atoms with Crippen molar-refractivity contribution >= 4 is 11.5 Å². The van der Waals surface area contributed by atoms with Crippen LogP contribution in [0.25, 0.3) is 5.57 Å². The standard InChI is InChI=1S/C32H37F9N4O/c1-19(2)8-7-9-23(29(4,5)46)12-20(3)27-11-10-24(30(33,34)35)15-22(27)18-45(28(42)44-43-6)17-21-13-25(31(36,37)38)16-26(14-21)32(39,40)41/h7-16,23,43,46H,17-18H2,1-6H3,(H2,42,44)/b9-7?,20-12+. The number of alkyl halides is 9. The number of halogens is 9. The fourth-order valence-corrected chi connectivity index (χ4v) is 4.45. The second kappa shape index (κ2) is 14.7. The summed E-state index contributed by atoms with van der Waals surface area (Å²) < 4.78 is 123. The van der Waals surface area contributed by atoms with Gasteiger partial charge in [0.2, 0.25) is 5.96 Å². The Balaban J connectivity index is 2.75. The number of nitrogens with one attached hydrogen (secondary N) is 1. The molecule has 0 amide bonds. The topological polar surface area (TPSA) is 73.9 Å². The van der Waals surface area contributed by atoms with Crippen LogP contribution in [0.5, 0.6) is 0 Å². The summed E-state index contributed by atoms with van der Waals surface area (Å²) in [5.74, 6) is -1.01. The third-order valence-corrected chi connectivity index (χ3v) is 6.78. The number of hydrogen-bond donors (Lipinski definition) is 3. The maximum absolute atomic E-state index is 13.8. The van der Waals surface area contributed by atoms with Crippen molar-refractivity contribution in [2.24, 2.45) is 16.8 Å². The van der Waals surface area contributed by atoms with E-state index in [-0.39, 0.29) is 17.2 Å². The van der Waals surface area contributed by atoms with Gasteiger partial charge < -0.3 is 21.2 Å². The Hall–Kier alpha value is -3.94. The quantitative estimate of drug-likeness (QED) is 0.0783. The second-order valence-corrected chi connectivity index (χ2v) is 11.5. The van der Waals surface area contributed by atoms with Gasteiger partial charge in [-0.05, 0) is 87.2 Å². The van der Waals surface area contributed by atoms with E-state index in [1.165, 1.54) is 13.1 Å². The lowest BCUT2D eigenvalue weighted by atomic mass is 9.86. The molecule has 14 heteroatoms. The van der Waals surface area contributed by atoms with Crippen LogP contribution in [0.2, 0.25) is 0 Å². The highest BCUT2D eigenvalue weighted by Crippen LogP contribution is 2.37. The first-order valence-corrected chi connectivity index (χ1v) is 13.9. The van der Waals surface area contributed by atoms with Gasteiger partial charge in [-0.3, -0.25) is 0 Å². The molecule has 0 aliphatic carbocycles. The Labute approximate surface area is 262 Å². The molecule has 2 aromatic carbocycles. The van der Waals surface area contributed by atoms with Crippen LogP contribution in [-0.2, 0) is 31.6 Å². The smallest absolute Gasteiger partial charge is 0.390 e. The first kappa shape index (κ1) is 38.2. The van der Waals surface area contributed by atoms with Crippen LogP contribution >= 0.6 is 0 Å². The zero-order chi connectivity index (χ0) is 35.3. The fraction of sp³-hybridized carbons (Fsp3) is 0.406. The lowest BCUT2D eigenvalue weighted by Crippen LogP contribution is -2.38. The summed E-state index contributed by atoms with van der Waals surface area (Å²) in [6.07, 6.45) is -8.08. The van der Waals surface area contributed by atoms with Gasteiger partial charge in [0.1, 0.15) is 0 Å². The monoisotopic (exact) mass is 664 g/mol. The molecule has 4 N–H and O–H groups in total. The van der Waals surface area contributed by atoms with E-state index in [9.17, 15) is 44.6 Å². The van der Waals surface area contributed by atoms with Gasteiger partial charge in [-0.2, -0.15) is 39.5 Å². The molecular weight excluding hydrogens is 627 g/mol. The first-order chi connectivity index (χ1) is 20.9. The number of aliphatic hydroxyl groups is 1. The van der Waals surface area contributed by atoms with Crippen molar-refractivity contribution in [1.29, 1.82) is 0 Å². The van der Waals surface area contributed by atoms with Gasteiger partial charge in [0, 0.05) is 26.1 Å². The van der Waals surface area contributed by atoms with E-state index < -0.39 is 71.4 Å². The number of hydrazone groups is 1. The molecule has 0 saturated heterocycles. The summed E-state index contributed by atoms with van der Waals surface area (Å²) >= 11 is 0. The van der Waals surface area contributed by atoms with Gasteiger partial charge >= 0.3 is 18.5 Å². The van der Waals surface area contributed by atoms with Gasteiger partial charge in [0.05, 0.1) is 22.3 Å². The largest absolute Gasteiger partial charge is 0.416 e. The van der Waals surface area contributed by atoms with Crippen LogP contribution in [0, 0.1) is 5.92 Å². The molecule has 1 atom stereocenters. The van der Waals surface area contributed by atoms with E-state index in [1.54, 1.807) is 39.0 Å². The highest BCUT2D eigenvalue weighted by Gasteiger charge is 2.37. The van der Waals surface area contributed by atoms with Crippen molar-refractivity contribution < 1.29 is 44.6 Å². The van der Waals surface area contributed by atoms with Crippen molar-refractivity contribution in [3.8, 4) is 0 Å². The van der Waals surface area contributed by atoms with E-state index in [1.807, 2.05) is 19.9 Å². The minimum absolute atomic E-state index is 0.00335. The molecule has 46 heavy (non-hydrogen) atoms. The zero-order valence-corrected chi connectivity index (χ0v) is 26.1. The molecule has 5 nitrogen and oxygen atoms in total. The minimum atomic E-state index is -5.11. The van der Waals surface area contributed by atoms with Gasteiger partial charge in [-0.25, -0.2) is 0 Å². The Morgan fingerprint density at radius 2 is 1.41 bits per heavy atom. The van der Waals surface area contributed by atoms with E-state index >= 15 is 0 Å². The fourth-order valence-electron chi connectivity index (χ4n) is 4.45. The van der Waals surface area contributed by atoms with E-state index in [2.05, 4.69) is 10.5 Å². The van der Waals surface area contributed by atoms with Gasteiger partial charge in [-0.15, -0.1) is 5.10 Å². The third-order valence-electron chi connectivity index (χ3n) is 6.78. The molecule has 2 aromatic rings. The molecule has 0 radical (unpaired) electrons. The summed E-state index contributed by atoms with van der Waals surface area (Å²) in [5, 5.41) is 14.6. The highest BCUT2D eigenvalue weighted by atomic mass is 19.4. The molecule has 0 aliphatic heterocycles. The Morgan fingerprint density at radius 1 is 0.870 bits per heavy atom. The highest BCUT2D eigenvalue weighted by molar-refractivity contribution is 5.78. The Morgan fingerprint density at radius 3 is 1.87 bits per heavy atom. The van der Waals surface area contributed by atoms with Crippen molar-refractivity contribution in [2.75, 3.05) is 7.05 Å². The third kappa shape index (κ3) is 11.1. The van der Waals surface area contributed by atoms with E-state index in [4.69, 9.17) is 5.73 Å². The Kier molecular flexibility index (Phi) is 12.2. The van der Waals surface area contributed by atoms with Gasteiger partial charge in [0.25, 0.3) is 0 Å². The SMILES string of the molecule is CN/N=C(\N)N(Cc1cc(C(F)(F)F)cc(C(F)(F)F)c1)Cc1cc(C(F)(F)F)ccc1/C(C)=C/C(C=CC=C(C)C)C(C)(C)O. The minimum Gasteiger partial charge on any atom is -0.390 e. The number of nitrogens with zero attached hydrogens (tertiary/aromatic N) is 2. The van der Waals surface area contributed by atoms with Crippen molar-refractivity contribution in [3.63, 3.8) is 0 Å². The van der Waals surface area contributed by atoms with Crippen molar-refractivity contribution in [3.05, 3.63) is 99.7 Å².